The smallest absolute Gasteiger partial charge is 0.414 e. The summed E-state index contributed by atoms with van der Waals surface area (Å²) in [6.45, 7) is 2.26. The molecule has 196 valence electrons. The van der Waals surface area contributed by atoms with Gasteiger partial charge in [0.1, 0.15) is 29.5 Å². The van der Waals surface area contributed by atoms with Gasteiger partial charge in [-0.25, -0.2) is 23.5 Å². The fraction of sp³-hybridized carbons (Fsp3) is 0.320. The number of nitrogens with zero attached hydrogens (tertiary/aromatic N) is 7. The molecule has 2 aliphatic rings. The number of carbonyl (C=O) groups excluding carboxylic acids is 1. The van der Waals surface area contributed by atoms with E-state index in [1.54, 1.807) is 6.33 Å². The molecule has 2 fully saturated rings. The van der Waals surface area contributed by atoms with Crippen molar-refractivity contribution in [3.63, 3.8) is 0 Å². The zero-order chi connectivity index (χ0) is 26.6. The van der Waals surface area contributed by atoms with Crippen molar-refractivity contribution in [1.82, 2.24) is 29.7 Å². The van der Waals surface area contributed by atoms with Gasteiger partial charge in [-0.05, 0) is 25.7 Å². The Morgan fingerprint density at radius 1 is 1.18 bits per heavy atom. The lowest BCUT2D eigenvalue weighted by atomic mass is 10.1. The zero-order valence-electron chi connectivity index (χ0n) is 21.0. The summed E-state index contributed by atoms with van der Waals surface area (Å²) in [6.07, 6.45) is 4.80. The lowest BCUT2D eigenvalue weighted by molar-refractivity contribution is 0.181. The van der Waals surface area contributed by atoms with Gasteiger partial charge in [0.05, 0.1) is 18.6 Å². The van der Waals surface area contributed by atoms with E-state index in [1.165, 1.54) is 16.8 Å². The van der Waals surface area contributed by atoms with Crippen LogP contribution in [-0.2, 0) is 11.8 Å². The maximum absolute atomic E-state index is 15.4. The summed E-state index contributed by atoms with van der Waals surface area (Å²) < 4.78 is 37.4. The van der Waals surface area contributed by atoms with E-state index >= 15 is 8.78 Å². The number of aromatic amines is 1. The molecule has 3 aromatic heterocycles. The number of hydrogen-bond donors (Lipinski definition) is 2. The molecule has 0 spiro atoms. The van der Waals surface area contributed by atoms with E-state index < -0.39 is 17.7 Å². The van der Waals surface area contributed by atoms with Gasteiger partial charge in [-0.3, -0.25) is 10.00 Å². The second-order valence-corrected chi connectivity index (χ2v) is 9.48. The quantitative estimate of drug-likeness (QED) is 0.364. The summed E-state index contributed by atoms with van der Waals surface area (Å²) in [5.74, 6) is -0.391. The number of anilines is 5. The van der Waals surface area contributed by atoms with Gasteiger partial charge in [-0.15, -0.1) is 0 Å². The van der Waals surface area contributed by atoms with Gasteiger partial charge in [0.15, 0.2) is 17.5 Å². The number of cyclic esters (lactones) is 1. The highest BCUT2D eigenvalue weighted by molar-refractivity contribution is 5.89. The molecule has 1 saturated carbocycles. The minimum atomic E-state index is -0.867. The first-order chi connectivity index (χ1) is 18.3. The molecule has 0 atom stereocenters. The van der Waals surface area contributed by atoms with Crippen LogP contribution in [0.1, 0.15) is 30.0 Å². The van der Waals surface area contributed by atoms with Crippen LogP contribution in [0.5, 0.6) is 0 Å². The predicted molar refractivity (Wildman–Crippen MR) is 136 cm³/mol. The number of hydrogen-bond acceptors (Lipinski definition) is 8. The number of aryl methyl sites for hydroxylation is 2. The van der Waals surface area contributed by atoms with E-state index in [-0.39, 0.29) is 36.4 Å². The minimum absolute atomic E-state index is 0.0657. The third-order valence-electron chi connectivity index (χ3n) is 6.53. The van der Waals surface area contributed by atoms with Crippen LogP contribution in [0.3, 0.4) is 0 Å². The highest BCUT2D eigenvalue weighted by atomic mass is 19.1. The third kappa shape index (κ3) is 4.29. The summed E-state index contributed by atoms with van der Waals surface area (Å²) in [7, 11) is 3.34. The van der Waals surface area contributed by atoms with Crippen LogP contribution in [0.25, 0.3) is 11.4 Å². The number of ether oxygens (including phenoxy) is 1. The largest absolute Gasteiger partial charge is 0.447 e. The Hall–Kier alpha value is -4.55. The van der Waals surface area contributed by atoms with Crippen molar-refractivity contribution in [3.05, 3.63) is 53.6 Å². The monoisotopic (exact) mass is 521 g/mol. The standard InChI is InChI=1S/C25H25F2N9O2/c1-13-8-19(33-32-13)29-23-20(14-4-5-14)21(18-11-34(2)12-28-18)30-24(31-23)35(3)22-16(26)9-15(10-17(22)27)36-6-7-38-25(36)37/h8-12,14H,4-7H2,1-3H3,(H2,29,30,31,32,33). The zero-order valence-corrected chi connectivity index (χ0v) is 21.0. The topological polar surface area (TPSA) is 117 Å². The molecule has 1 saturated heterocycles. The molecule has 1 amide bonds. The van der Waals surface area contributed by atoms with Gasteiger partial charge in [-0.1, -0.05) is 0 Å². The Kier molecular flexibility index (Phi) is 5.69. The molecule has 38 heavy (non-hydrogen) atoms. The molecule has 1 aliphatic carbocycles. The number of H-pyrrole nitrogens is 1. The Bertz CT molecular complexity index is 1520. The molecule has 11 nitrogen and oxygen atoms in total. The summed E-state index contributed by atoms with van der Waals surface area (Å²) in [4.78, 5) is 28.3. The second-order valence-electron chi connectivity index (χ2n) is 9.48. The number of imidazole rings is 1. The maximum Gasteiger partial charge on any atom is 0.414 e. The van der Waals surface area contributed by atoms with Gasteiger partial charge >= 0.3 is 6.09 Å². The Morgan fingerprint density at radius 3 is 2.53 bits per heavy atom. The van der Waals surface area contributed by atoms with E-state index in [0.717, 1.165) is 36.2 Å². The van der Waals surface area contributed by atoms with E-state index in [4.69, 9.17) is 14.7 Å². The summed E-state index contributed by atoms with van der Waals surface area (Å²) in [6, 6.07) is 4.04. The van der Waals surface area contributed by atoms with E-state index in [9.17, 15) is 4.79 Å². The van der Waals surface area contributed by atoms with Crippen molar-refractivity contribution in [2.75, 3.05) is 35.3 Å². The lowest BCUT2D eigenvalue weighted by Gasteiger charge is -2.23. The van der Waals surface area contributed by atoms with Crippen molar-refractivity contribution in [1.29, 1.82) is 0 Å². The molecule has 1 aromatic carbocycles. The molecule has 2 N–H and O–H groups in total. The molecule has 0 unspecified atom stereocenters. The fourth-order valence-electron chi connectivity index (χ4n) is 4.55. The van der Waals surface area contributed by atoms with Crippen LogP contribution in [0.2, 0.25) is 0 Å². The third-order valence-corrected chi connectivity index (χ3v) is 6.53. The van der Waals surface area contributed by atoms with Gasteiger partial charge in [0.25, 0.3) is 0 Å². The number of carbonyl (C=O) groups is 1. The van der Waals surface area contributed by atoms with Crippen LogP contribution in [0.15, 0.2) is 30.7 Å². The van der Waals surface area contributed by atoms with Crippen molar-refractivity contribution in [3.8, 4) is 11.4 Å². The molecule has 13 heteroatoms. The maximum atomic E-state index is 15.4. The average molecular weight is 522 g/mol. The van der Waals surface area contributed by atoms with Crippen molar-refractivity contribution in [2.45, 2.75) is 25.7 Å². The van der Waals surface area contributed by atoms with Gasteiger partial charge in [0, 0.05) is 49.7 Å². The fourth-order valence-corrected chi connectivity index (χ4v) is 4.55. The number of amides is 1. The molecule has 4 aromatic rings. The summed E-state index contributed by atoms with van der Waals surface area (Å²) >= 11 is 0. The Morgan fingerprint density at radius 2 is 1.95 bits per heavy atom. The van der Waals surface area contributed by atoms with Crippen molar-refractivity contribution in [2.24, 2.45) is 7.05 Å². The number of aromatic nitrogens is 6. The Balaban J connectivity index is 1.46. The molecule has 6 rings (SSSR count). The van der Waals surface area contributed by atoms with E-state index in [0.29, 0.717) is 23.0 Å². The SMILES string of the molecule is Cc1cc(Nc2nc(N(C)c3c(F)cc(N4CCOC4=O)cc3F)nc(-c3cn(C)cn3)c2C2CC2)n[nH]1. The van der Waals surface area contributed by atoms with Crippen LogP contribution in [-0.4, -0.2) is 56.0 Å². The molecule has 4 heterocycles. The first-order valence-electron chi connectivity index (χ1n) is 12.1. The summed E-state index contributed by atoms with van der Waals surface area (Å²) in [5.41, 5.74) is 2.67. The average Bonchev–Trinajstić information content (AvgIpc) is 3.23. The highest BCUT2D eigenvalue weighted by Gasteiger charge is 2.34. The molecular formula is C25H25F2N9O2. The molecule has 0 bridgehead atoms. The van der Waals surface area contributed by atoms with Crippen molar-refractivity contribution < 1.29 is 18.3 Å². The number of nitrogens with one attached hydrogen (secondary N) is 2. The molecular weight excluding hydrogens is 496 g/mol. The first kappa shape index (κ1) is 23.8. The molecule has 0 radical (unpaired) electrons. The number of halogens is 2. The second kappa shape index (κ2) is 9.08. The van der Waals surface area contributed by atoms with Gasteiger partial charge in [0.2, 0.25) is 5.95 Å². The summed E-state index contributed by atoms with van der Waals surface area (Å²) in [5, 5.41) is 10.4. The van der Waals surface area contributed by atoms with Gasteiger partial charge < -0.3 is 19.5 Å². The lowest BCUT2D eigenvalue weighted by Crippen LogP contribution is -2.24. The van der Waals surface area contributed by atoms with Crippen LogP contribution < -0.4 is 15.1 Å². The van der Waals surface area contributed by atoms with Crippen LogP contribution >= 0.6 is 0 Å². The van der Waals surface area contributed by atoms with Crippen LogP contribution in [0.4, 0.5) is 42.5 Å². The number of rotatable bonds is 7. The normalized spacial score (nSPS) is 15.2. The van der Waals surface area contributed by atoms with E-state index in [2.05, 4.69) is 20.5 Å². The first-order valence-corrected chi connectivity index (χ1v) is 12.1. The highest BCUT2D eigenvalue weighted by Crippen LogP contribution is 2.48. The minimum Gasteiger partial charge on any atom is -0.447 e. The van der Waals surface area contributed by atoms with E-state index in [1.807, 2.05) is 30.8 Å². The van der Waals surface area contributed by atoms with Crippen molar-refractivity contribution >= 4 is 35.1 Å². The number of benzene rings is 1. The molecule has 1 aliphatic heterocycles. The van der Waals surface area contributed by atoms with Gasteiger partial charge in [-0.2, -0.15) is 10.1 Å². The Labute approximate surface area is 216 Å². The predicted octanol–water partition coefficient (Wildman–Crippen LogP) is 4.53. The van der Waals surface area contributed by atoms with Crippen LogP contribution in [0, 0.1) is 18.6 Å².